The van der Waals surface area contributed by atoms with Crippen LogP contribution in [0.2, 0.25) is 0 Å². The van der Waals surface area contributed by atoms with Gasteiger partial charge in [0, 0.05) is 6.54 Å². The summed E-state index contributed by atoms with van der Waals surface area (Å²) in [6, 6.07) is -9.08. The Morgan fingerprint density at radius 2 is 1.03 bits per heavy atom. The van der Waals surface area contributed by atoms with E-state index in [-0.39, 0.29) is 43.6 Å². The summed E-state index contributed by atoms with van der Waals surface area (Å²) >= 11 is 0. The maximum Gasteiger partial charge on any atom is 0.326 e. The first-order valence-electron chi connectivity index (χ1n) is 21.5. The van der Waals surface area contributed by atoms with Gasteiger partial charge in [-0.3, -0.25) is 43.3 Å². The fourth-order valence-corrected chi connectivity index (χ4v) is 5.84. The zero-order chi connectivity index (χ0) is 48.6. The maximum atomic E-state index is 14.0. The molecule has 17 N–H and O–H groups in total. The molecule has 10 atom stereocenters. The van der Waals surface area contributed by atoms with E-state index in [2.05, 4.69) is 47.5 Å². The van der Waals surface area contributed by atoms with Gasteiger partial charge in [0.05, 0.1) is 12.6 Å². The first-order valence-corrected chi connectivity index (χ1v) is 21.5. The van der Waals surface area contributed by atoms with Gasteiger partial charge in [0.2, 0.25) is 47.3 Å². The summed E-state index contributed by atoms with van der Waals surface area (Å²) in [5.41, 5.74) is 22.2. The van der Waals surface area contributed by atoms with Crippen molar-refractivity contribution < 1.29 is 48.3 Å². The van der Waals surface area contributed by atoms with Gasteiger partial charge in [-0.15, -0.1) is 0 Å². The van der Waals surface area contributed by atoms with Crippen LogP contribution in [-0.2, 0) is 43.2 Å². The Labute approximate surface area is 370 Å². The molecule has 0 aromatic heterocycles. The van der Waals surface area contributed by atoms with Crippen molar-refractivity contribution in [1.82, 2.24) is 42.5 Å². The van der Waals surface area contributed by atoms with Crippen molar-refractivity contribution in [2.75, 3.05) is 19.6 Å². The molecule has 0 rings (SSSR count). The third-order valence-corrected chi connectivity index (χ3v) is 10.3. The lowest BCUT2D eigenvalue weighted by molar-refractivity contribution is -0.143. The molecule has 0 fully saturated rings. The molecule has 0 saturated heterocycles. The number of amides is 8. The van der Waals surface area contributed by atoms with Gasteiger partial charge in [-0.1, -0.05) is 54.4 Å². The summed E-state index contributed by atoms with van der Waals surface area (Å²) in [5, 5.41) is 29.9. The molecular formula is C40H75N13O10. The Bertz CT molecular complexity index is 1570. The Hall–Kier alpha value is -5.58. The molecule has 0 saturated carbocycles. The summed E-state index contributed by atoms with van der Waals surface area (Å²) in [7, 11) is 0. The number of nitrogens with one attached hydrogen (secondary N) is 8. The van der Waals surface area contributed by atoms with E-state index >= 15 is 0 Å². The molecule has 0 aromatic carbocycles. The summed E-state index contributed by atoms with van der Waals surface area (Å²) in [5.74, 6) is -8.30. The molecule has 0 unspecified atom stereocenters. The zero-order valence-electron chi connectivity index (χ0n) is 38.3. The lowest BCUT2D eigenvalue weighted by Gasteiger charge is -2.29. The lowest BCUT2D eigenvalue weighted by atomic mass is 9.96. The van der Waals surface area contributed by atoms with E-state index in [1.807, 2.05) is 0 Å². The maximum absolute atomic E-state index is 14.0. The van der Waals surface area contributed by atoms with Crippen molar-refractivity contribution in [2.45, 2.75) is 156 Å². The Balaban J connectivity index is 6.16. The number of carboxylic acids is 1. The molecule has 0 spiro atoms. The number of carbonyl (C=O) groups excluding carboxylic acids is 8. The number of aliphatic imine (C=N–C) groups is 1. The molecule has 23 heteroatoms. The van der Waals surface area contributed by atoms with Crippen LogP contribution in [0.4, 0.5) is 0 Å². The highest BCUT2D eigenvalue weighted by atomic mass is 16.4. The van der Waals surface area contributed by atoms with E-state index in [0.29, 0.717) is 32.2 Å². The van der Waals surface area contributed by atoms with Crippen molar-refractivity contribution >= 4 is 59.2 Å². The minimum absolute atomic E-state index is 0.00661. The number of aliphatic carboxylic acids is 1. The van der Waals surface area contributed by atoms with Crippen molar-refractivity contribution in [1.29, 1.82) is 0 Å². The van der Waals surface area contributed by atoms with Crippen LogP contribution in [0.15, 0.2) is 4.99 Å². The second-order valence-corrected chi connectivity index (χ2v) is 16.2. The van der Waals surface area contributed by atoms with Crippen LogP contribution >= 0.6 is 0 Å². The lowest BCUT2D eigenvalue weighted by Crippen LogP contribution is -2.60. The van der Waals surface area contributed by atoms with Crippen molar-refractivity contribution in [3.05, 3.63) is 0 Å². The van der Waals surface area contributed by atoms with Gasteiger partial charge >= 0.3 is 5.97 Å². The normalized spacial score (nSPS) is 15.8. The van der Waals surface area contributed by atoms with Gasteiger partial charge in [-0.25, -0.2) is 4.79 Å². The summed E-state index contributed by atoms with van der Waals surface area (Å²) in [4.78, 5) is 121. The Morgan fingerprint density at radius 3 is 1.54 bits per heavy atom. The second-order valence-electron chi connectivity index (χ2n) is 16.2. The van der Waals surface area contributed by atoms with Gasteiger partial charge < -0.3 is 70.6 Å². The van der Waals surface area contributed by atoms with Gasteiger partial charge in [0.25, 0.3) is 0 Å². The van der Waals surface area contributed by atoms with E-state index < -0.39 is 114 Å². The zero-order valence-corrected chi connectivity index (χ0v) is 38.3. The molecule has 0 aliphatic rings. The molecule has 0 aromatic rings. The molecule has 0 aliphatic carbocycles. The predicted molar refractivity (Wildman–Crippen MR) is 236 cm³/mol. The number of carbonyl (C=O) groups is 9. The van der Waals surface area contributed by atoms with Crippen molar-refractivity contribution in [3.8, 4) is 0 Å². The molecule has 0 heterocycles. The third kappa shape index (κ3) is 21.9. The highest BCUT2D eigenvalue weighted by molar-refractivity contribution is 5.97. The monoisotopic (exact) mass is 898 g/mol. The van der Waals surface area contributed by atoms with E-state index in [1.54, 1.807) is 41.5 Å². The molecule has 63 heavy (non-hydrogen) atoms. The van der Waals surface area contributed by atoms with E-state index in [4.69, 9.17) is 22.9 Å². The van der Waals surface area contributed by atoms with Crippen LogP contribution in [0, 0.1) is 17.8 Å². The first-order chi connectivity index (χ1) is 29.4. The van der Waals surface area contributed by atoms with Crippen molar-refractivity contribution in [2.24, 2.45) is 45.7 Å². The van der Waals surface area contributed by atoms with Crippen LogP contribution in [0.25, 0.3) is 0 Å². The molecule has 0 bridgehead atoms. The minimum atomic E-state index is -1.25. The van der Waals surface area contributed by atoms with Gasteiger partial charge in [0.1, 0.15) is 42.3 Å². The largest absolute Gasteiger partial charge is 0.480 e. The molecule has 360 valence electrons. The minimum Gasteiger partial charge on any atom is -0.480 e. The molecular weight excluding hydrogens is 823 g/mol. The summed E-state index contributed by atoms with van der Waals surface area (Å²) in [6.07, 6.45) is 2.14. The van der Waals surface area contributed by atoms with Crippen LogP contribution in [0.1, 0.15) is 107 Å². The van der Waals surface area contributed by atoms with Crippen LogP contribution < -0.4 is 65.5 Å². The van der Waals surface area contributed by atoms with E-state index in [9.17, 15) is 48.3 Å². The van der Waals surface area contributed by atoms with Gasteiger partial charge in [0.15, 0.2) is 5.96 Å². The van der Waals surface area contributed by atoms with E-state index in [0.717, 1.165) is 0 Å². The SMILES string of the molecule is CC[C@H](C)[C@H](NC(=O)CNC(=O)[C@H](C)NC(=O)[C@H](CCCCN)NC(=O)[C@@H](NC(=O)[C@H](CCCN=C(N)N)NC(=O)[C@H](C)NC(=O)[C@@H](NC(=O)[C@H](C)N)C(C)C)[C@@H](C)CC)C(=O)O. The molecule has 0 aliphatic heterocycles. The number of nitrogens with zero attached hydrogens (tertiary/aromatic N) is 1. The number of unbranched alkanes of at least 4 members (excludes halogenated alkanes) is 1. The molecule has 0 radical (unpaired) electrons. The number of carboxylic acid groups (broad SMARTS) is 1. The van der Waals surface area contributed by atoms with Gasteiger partial charge in [-0.2, -0.15) is 0 Å². The fraction of sp³-hybridized carbons (Fsp3) is 0.750. The summed E-state index contributed by atoms with van der Waals surface area (Å²) < 4.78 is 0. The van der Waals surface area contributed by atoms with Gasteiger partial charge in [-0.05, 0) is 77.2 Å². The third-order valence-electron chi connectivity index (χ3n) is 10.3. The number of hydrogen-bond donors (Lipinski definition) is 13. The summed E-state index contributed by atoms with van der Waals surface area (Å²) in [6.45, 7) is 14.4. The quantitative estimate of drug-likeness (QED) is 0.0193. The smallest absolute Gasteiger partial charge is 0.326 e. The van der Waals surface area contributed by atoms with Crippen molar-refractivity contribution in [3.63, 3.8) is 0 Å². The standard InChI is InChI=1S/C40H75N13O10/c1-10-21(5)30(38(61)50-26(15-12-13-17-41)35(58)47-24(8)33(56)46-19-28(54)51-31(39(62)63)22(6)11-2)53-36(59)27(16-14-18-45-40(43)44)49-34(57)25(9)48-37(60)29(20(3)4)52-32(55)23(7)42/h20-27,29-31H,10-19,41-42H2,1-9H3,(H,46,56)(H,47,58)(H,48,60)(H,49,57)(H,50,61)(H,51,54)(H,52,55)(H,53,59)(H,62,63)(H4,43,44,45)/t21-,22-,23-,24-,25-,26-,27-,29-,30-,31-/m0/s1. The first kappa shape index (κ1) is 57.4. The number of hydrogen-bond acceptors (Lipinski definition) is 12. The molecule has 23 nitrogen and oxygen atoms in total. The second kappa shape index (κ2) is 29.7. The average Bonchev–Trinajstić information content (AvgIpc) is 3.21. The number of nitrogens with two attached hydrogens (primary N) is 4. The van der Waals surface area contributed by atoms with Crippen LogP contribution in [-0.4, -0.2) is 132 Å². The van der Waals surface area contributed by atoms with Crippen LogP contribution in [0.5, 0.6) is 0 Å². The topological polar surface area (TPSA) is 387 Å². The predicted octanol–water partition coefficient (Wildman–Crippen LogP) is -3.10. The highest BCUT2D eigenvalue weighted by Crippen LogP contribution is 2.12. The highest BCUT2D eigenvalue weighted by Gasteiger charge is 2.34. The Kier molecular flexibility index (Phi) is 27.0. The number of guanidine groups is 1. The number of rotatable bonds is 30. The average molecular weight is 898 g/mol. The van der Waals surface area contributed by atoms with Crippen LogP contribution in [0.3, 0.4) is 0 Å². The fourth-order valence-electron chi connectivity index (χ4n) is 5.84. The molecule has 8 amide bonds. The Morgan fingerprint density at radius 1 is 0.556 bits per heavy atom. The van der Waals surface area contributed by atoms with E-state index in [1.165, 1.54) is 20.8 Å².